The standard InChI is InChI=1S/C15H21N3OS/c1-11(2)19-14-8-13(17-10-18-14)16-9-15(3,4)12-6-5-7-20-12/h5-8,10-11H,9H2,1-4H3,(H,16,17,18). The summed E-state index contributed by atoms with van der Waals surface area (Å²) >= 11 is 1.78. The second-order valence-electron chi connectivity index (χ2n) is 5.62. The molecule has 0 aromatic carbocycles. The van der Waals surface area contributed by atoms with Crippen molar-refractivity contribution < 1.29 is 4.74 Å². The molecular formula is C15H21N3OS. The lowest BCUT2D eigenvalue weighted by Gasteiger charge is -2.24. The van der Waals surface area contributed by atoms with Gasteiger partial charge in [-0.25, -0.2) is 9.97 Å². The van der Waals surface area contributed by atoms with E-state index in [4.69, 9.17) is 4.74 Å². The molecule has 0 bridgehead atoms. The van der Waals surface area contributed by atoms with E-state index in [-0.39, 0.29) is 11.5 Å². The van der Waals surface area contributed by atoms with Crippen LogP contribution in [0, 0.1) is 0 Å². The molecule has 0 spiro atoms. The van der Waals surface area contributed by atoms with Crippen molar-refractivity contribution in [1.82, 2.24) is 9.97 Å². The van der Waals surface area contributed by atoms with E-state index >= 15 is 0 Å². The number of aromatic nitrogens is 2. The van der Waals surface area contributed by atoms with E-state index in [0.29, 0.717) is 5.88 Å². The Morgan fingerprint density at radius 3 is 2.80 bits per heavy atom. The molecule has 0 radical (unpaired) electrons. The zero-order valence-electron chi connectivity index (χ0n) is 12.4. The number of nitrogens with one attached hydrogen (secondary N) is 1. The van der Waals surface area contributed by atoms with Gasteiger partial charge in [0.25, 0.3) is 0 Å². The average Bonchev–Trinajstić information content (AvgIpc) is 2.91. The predicted molar refractivity (Wildman–Crippen MR) is 83.6 cm³/mol. The largest absolute Gasteiger partial charge is 0.475 e. The van der Waals surface area contributed by atoms with Crippen LogP contribution in [0.4, 0.5) is 5.82 Å². The molecule has 2 rings (SSSR count). The average molecular weight is 291 g/mol. The number of hydrogen-bond acceptors (Lipinski definition) is 5. The third kappa shape index (κ3) is 3.93. The van der Waals surface area contributed by atoms with Crippen LogP contribution in [0.25, 0.3) is 0 Å². The minimum atomic E-state index is 0.0676. The molecule has 1 N–H and O–H groups in total. The number of thiophene rings is 1. The molecule has 0 atom stereocenters. The Labute approximate surface area is 124 Å². The number of nitrogens with zero attached hydrogens (tertiary/aromatic N) is 2. The van der Waals surface area contributed by atoms with Crippen LogP contribution in [-0.2, 0) is 5.41 Å². The second kappa shape index (κ2) is 6.22. The first-order valence-electron chi connectivity index (χ1n) is 6.74. The molecule has 0 aliphatic rings. The van der Waals surface area contributed by atoms with E-state index in [9.17, 15) is 0 Å². The monoisotopic (exact) mass is 291 g/mol. The van der Waals surface area contributed by atoms with Crippen LogP contribution in [0.15, 0.2) is 29.9 Å². The fourth-order valence-corrected chi connectivity index (χ4v) is 2.66. The van der Waals surface area contributed by atoms with E-state index in [0.717, 1.165) is 12.4 Å². The van der Waals surface area contributed by atoms with E-state index in [2.05, 4.69) is 46.6 Å². The molecule has 0 fully saturated rings. The highest BCUT2D eigenvalue weighted by Crippen LogP contribution is 2.27. The maximum absolute atomic E-state index is 5.57. The van der Waals surface area contributed by atoms with Gasteiger partial charge in [0.15, 0.2) is 0 Å². The van der Waals surface area contributed by atoms with E-state index in [1.165, 1.54) is 11.2 Å². The molecule has 0 unspecified atom stereocenters. The number of hydrogen-bond donors (Lipinski definition) is 1. The molecule has 0 aliphatic heterocycles. The number of ether oxygens (including phenoxy) is 1. The summed E-state index contributed by atoms with van der Waals surface area (Å²) in [6.45, 7) is 9.22. The molecular weight excluding hydrogens is 270 g/mol. The van der Waals surface area contributed by atoms with Crippen LogP contribution in [0.3, 0.4) is 0 Å². The second-order valence-corrected chi connectivity index (χ2v) is 6.57. The van der Waals surface area contributed by atoms with Crippen LogP contribution in [0.2, 0.25) is 0 Å². The van der Waals surface area contributed by atoms with Crippen molar-refractivity contribution in [3.05, 3.63) is 34.8 Å². The van der Waals surface area contributed by atoms with Crippen molar-refractivity contribution in [3.8, 4) is 5.88 Å². The molecule has 2 aromatic rings. The smallest absolute Gasteiger partial charge is 0.218 e. The normalized spacial score (nSPS) is 11.7. The van der Waals surface area contributed by atoms with Gasteiger partial charge >= 0.3 is 0 Å². The van der Waals surface area contributed by atoms with Gasteiger partial charge < -0.3 is 10.1 Å². The minimum absolute atomic E-state index is 0.0676. The maximum atomic E-state index is 5.57. The molecule has 108 valence electrons. The van der Waals surface area contributed by atoms with Gasteiger partial charge in [0.2, 0.25) is 5.88 Å². The lowest BCUT2D eigenvalue weighted by atomic mass is 9.91. The summed E-state index contributed by atoms with van der Waals surface area (Å²) in [6.07, 6.45) is 1.64. The van der Waals surface area contributed by atoms with Crippen LogP contribution in [0.1, 0.15) is 32.6 Å². The fraction of sp³-hybridized carbons (Fsp3) is 0.467. The first-order valence-corrected chi connectivity index (χ1v) is 7.62. The van der Waals surface area contributed by atoms with Crippen LogP contribution >= 0.6 is 11.3 Å². The Morgan fingerprint density at radius 1 is 1.35 bits per heavy atom. The van der Waals surface area contributed by atoms with Gasteiger partial charge in [-0.05, 0) is 25.3 Å². The van der Waals surface area contributed by atoms with Gasteiger partial charge in [-0.1, -0.05) is 19.9 Å². The van der Waals surface area contributed by atoms with Crippen LogP contribution in [-0.4, -0.2) is 22.6 Å². The van der Waals surface area contributed by atoms with Crippen molar-refractivity contribution in [3.63, 3.8) is 0 Å². The Bertz CT molecular complexity index is 538. The molecule has 20 heavy (non-hydrogen) atoms. The van der Waals surface area contributed by atoms with E-state index < -0.39 is 0 Å². The summed E-state index contributed by atoms with van der Waals surface area (Å²) in [5.74, 6) is 1.40. The zero-order valence-corrected chi connectivity index (χ0v) is 13.2. The molecule has 0 aliphatic carbocycles. The number of rotatable bonds is 6. The van der Waals surface area contributed by atoms with Crippen molar-refractivity contribution in [2.75, 3.05) is 11.9 Å². The maximum Gasteiger partial charge on any atom is 0.218 e. The van der Waals surface area contributed by atoms with Crippen molar-refractivity contribution in [2.24, 2.45) is 0 Å². The minimum Gasteiger partial charge on any atom is -0.475 e. The van der Waals surface area contributed by atoms with Gasteiger partial charge in [-0.15, -0.1) is 11.3 Å². The van der Waals surface area contributed by atoms with Gasteiger partial charge in [0.05, 0.1) is 6.10 Å². The Kier molecular flexibility index (Phi) is 4.60. The Balaban J connectivity index is 2.00. The lowest BCUT2D eigenvalue weighted by Crippen LogP contribution is -2.26. The third-order valence-electron chi connectivity index (χ3n) is 2.90. The van der Waals surface area contributed by atoms with E-state index in [1.54, 1.807) is 11.3 Å². The molecule has 4 nitrogen and oxygen atoms in total. The Morgan fingerprint density at radius 2 is 2.15 bits per heavy atom. The summed E-state index contributed by atoms with van der Waals surface area (Å²) in [7, 11) is 0. The van der Waals surface area contributed by atoms with Crippen LogP contribution < -0.4 is 10.1 Å². The van der Waals surface area contributed by atoms with Crippen molar-refractivity contribution in [2.45, 2.75) is 39.2 Å². The van der Waals surface area contributed by atoms with Crippen molar-refractivity contribution >= 4 is 17.2 Å². The van der Waals surface area contributed by atoms with Gasteiger partial charge in [0.1, 0.15) is 12.1 Å². The summed E-state index contributed by atoms with van der Waals surface area (Å²) in [4.78, 5) is 9.69. The quantitative estimate of drug-likeness (QED) is 0.881. The summed E-state index contributed by atoms with van der Waals surface area (Å²) in [5, 5.41) is 5.47. The summed E-state index contributed by atoms with van der Waals surface area (Å²) < 4.78 is 5.57. The van der Waals surface area contributed by atoms with Gasteiger partial charge in [0, 0.05) is 22.9 Å². The SMILES string of the molecule is CC(C)Oc1cc(NCC(C)(C)c2cccs2)ncn1. The fourth-order valence-electron chi connectivity index (χ4n) is 1.80. The first-order chi connectivity index (χ1) is 9.47. The molecule has 0 saturated carbocycles. The lowest BCUT2D eigenvalue weighted by molar-refractivity contribution is 0.232. The van der Waals surface area contributed by atoms with Crippen LogP contribution in [0.5, 0.6) is 5.88 Å². The van der Waals surface area contributed by atoms with Crippen molar-refractivity contribution in [1.29, 1.82) is 0 Å². The molecule has 2 aromatic heterocycles. The summed E-state index contributed by atoms with van der Waals surface area (Å²) in [6, 6.07) is 6.09. The topological polar surface area (TPSA) is 47.0 Å². The number of anilines is 1. The molecule has 5 heteroatoms. The first kappa shape index (κ1) is 14.8. The Hall–Kier alpha value is -1.62. The highest BCUT2D eigenvalue weighted by molar-refractivity contribution is 7.10. The van der Waals surface area contributed by atoms with Gasteiger partial charge in [-0.2, -0.15) is 0 Å². The van der Waals surface area contributed by atoms with E-state index in [1.807, 2.05) is 19.9 Å². The van der Waals surface area contributed by atoms with Gasteiger partial charge in [-0.3, -0.25) is 0 Å². The predicted octanol–water partition coefficient (Wildman–Crippen LogP) is 3.72. The highest BCUT2D eigenvalue weighted by Gasteiger charge is 2.21. The third-order valence-corrected chi connectivity index (χ3v) is 4.13. The zero-order chi connectivity index (χ0) is 14.6. The molecule has 0 amide bonds. The highest BCUT2D eigenvalue weighted by atomic mass is 32.1. The molecule has 2 heterocycles. The molecule has 0 saturated heterocycles. The summed E-state index contributed by atoms with van der Waals surface area (Å²) in [5.41, 5.74) is 0.0676.